The summed E-state index contributed by atoms with van der Waals surface area (Å²) in [5.41, 5.74) is 9.53. The number of carboxylic acid groups (broad SMARTS) is 2. The molecule has 0 aromatic carbocycles. The molecule has 0 aromatic heterocycles. The molecule has 0 unspecified atom stereocenters. The van der Waals surface area contributed by atoms with Gasteiger partial charge >= 0.3 is 11.9 Å². The maximum atomic E-state index is 11.0. The number of nitrogens with two attached hydrogens (primary N) is 2. The molecule has 0 aliphatic rings. The van der Waals surface area contributed by atoms with Crippen LogP contribution in [0.15, 0.2) is 0 Å². The molecule has 0 fully saturated rings. The van der Waals surface area contributed by atoms with Gasteiger partial charge in [-0.15, -0.1) is 0 Å². The van der Waals surface area contributed by atoms with E-state index in [1.54, 1.807) is 0 Å². The lowest BCUT2D eigenvalue weighted by Crippen LogP contribution is -2.37. The highest BCUT2D eigenvalue weighted by Gasteiger charge is 2.17. The van der Waals surface area contributed by atoms with Gasteiger partial charge in [0.25, 0.3) is 0 Å². The molecule has 0 saturated carbocycles. The van der Waals surface area contributed by atoms with Gasteiger partial charge in [-0.05, 0) is 32.2 Å². The summed E-state index contributed by atoms with van der Waals surface area (Å²) < 4.78 is 0. The standard InChI is InChI=1S/C17H33NO4.2C4H9NO/c1-2-3-4-5-6-7-8-9-10-11-14-18-15(17(21)22)12-13-16(19)20;2*1-2-3-4(5)6/h15,18H,2-14H2,1H3,(H,19,20)(H,21,22);2*2-3H2,1H3,(H2,5,6)/t15-;;/m0../s1. The molecule has 1 atom stereocenters. The van der Waals surface area contributed by atoms with Gasteiger partial charge in [-0.25, -0.2) is 0 Å². The zero-order valence-electron chi connectivity index (χ0n) is 21.8. The van der Waals surface area contributed by atoms with Crippen LogP contribution in [-0.4, -0.2) is 46.6 Å². The third kappa shape index (κ3) is 37.2. The first-order valence-electron chi connectivity index (χ1n) is 12.9. The van der Waals surface area contributed by atoms with Crippen LogP contribution in [0.4, 0.5) is 0 Å². The minimum atomic E-state index is -0.965. The Labute approximate surface area is 206 Å². The van der Waals surface area contributed by atoms with Crippen LogP contribution in [0, 0.1) is 0 Å². The first-order chi connectivity index (χ1) is 16.1. The summed E-state index contributed by atoms with van der Waals surface area (Å²) in [5.74, 6) is -2.34. The molecule has 9 nitrogen and oxygen atoms in total. The molecular weight excluding hydrogens is 438 g/mol. The topological polar surface area (TPSA) is 173 Å². The summed E-state index contributed by atoms with van der Waals surface area (Å²) in [5, 5.41) is 20.5. The van der Waals surface area contributed by atoms with Crippen LogP contribution in [0.5, 0.6) is 0 Å². The highest BCUT2D eigenvalue weighted by molar-refractivity contribution is 5.75. The Kier molecular flexibility index (Phi) is 30.9. The van der Waals surface area contributed by atoms with Gasteiger partial charge in [0.2, 0.25) is 11.8 Å². The van der Waals surface area contributed by atoms with Gasteiger partial charge < -0.3 is 27.0 Å². The van der Waals surface area contributed by atoms with E-state index in [2.05, 4.69) is 12.2 Å². The van der Waals surface area contributed by atoms with E-state index in [1.807, 2.05) is 13.8 Å². The monoisotopic (exact) mass is 489 g/mol. The van der Waals surface area contributed by atoms with Crippen molar-refractivity contribution in [1.82, 2.24) is 5.32 Å². The average Bonchev–Trinajstić information content (AvgIpc) is 2.74. The largest absolute Gasteiger partial charge is 0.481 e. The second kappa shape index (κ2) is 28.9. The number of carbonyl (C=O) groups excluding carboxylic acids is 2. The highest BCUT2D eigenvalue weighted by atomic mass is 16.4. The van der Waals surface area contributed by atoms with E-state index in [9.17, 15) is 19.2 Å². The van der Waals surface area contributed by atoms with E-state index >= 15 is 0 Å². The maximum Gasteiger partial charge on any atom is 0.320 e. The second-order valence-corrected chi connectivity index (χ2v) is 8.39. The molecule has 7 N–H and O–H groups in total. The Morgan fingerprint density at radius 3 is 1.35 bits per heavy atom. The van der Waals surface area contributed by atoms with Crippen molar-refractivity contribution in [3.63, 3.8) is 0 Å². The van der Waals surface area contributed by atoms with Crippen molar-refractivity contribution in [1.29, 1.82) is 0 Å². The van der Waals surface area contributed by atoms with Gasteiger partial charge in [0.15, 0.2) is 0 Å². The van der Waals surface area contributed by atoms with Crippen molar-refractivity contribution in [2.75, 3.05) is 6.54 Å². The minimum absolute atomic E-state index is 0.109. The van der Waals surface area contributed by atoms with E-state index < -0.39 is 18.0 Å². The van der Waals surface area contributed by atoms with Gasteiger partial charge in [0.05, 0.1) is 0 Å². The van der Waals surface area contributed by atoms with Gasteiger partial charge in [-0.3, -0.25) is 19.2 Å². The number of primary amides is 2. The number of aliphatic carboxylic acids is 2. The molecule has 0 spiro atoms. The predicted octanol–water partition coefficient (Wildman–Crippen LogP) is 4.36. The average molecular weight is 490 g/mol. The van der Waals surface area contributed by atoms with Crippen molar-refractivity contribution in [3.8, 4) is 0 Å². The number of carbonyl (C=O) groups is 4. The van der Waals surface area contributed by atoms with Gasteiger partial charge in [-0.2, -0.15) is 0 Å². The van der Waals surface area contributed by atoms with Crippen molar-refractivity contribution in [2.45, 2.75) is 130 Å². The zero-order chi connectivity index (χ0) is 26.6. The molecule has 0 aromatic rings. The fourth-order valence-electron chi connectivity index (χ4n) is 2.96. The molecule has 202 valence electrons. The third-order valence-corrected chi connectivity index (χ3v) is 4.86. The Bertz CT molecular complexity index is 499. The molecule has 0 aliphatic carbocycles. The SMILES string of the molecule is CCCC(N)=O.CCCC(N)=O.CCCCCCCCCCCCN[C@@H](CCC(=O)O)C(=O)O. The third-order valence-electron chi connectivity index (χ3n) is 4.86. The summed E-state index contributed by atoms with van der Waals surface area (Å²) in [7, 11) is 0. The number of hydrogen-bond acceptors (Lipinski definition) is 5. The molecular formula is C25H51N3O6. The second-order valence-electron chi connectivity index (χ2n) is 8.39. The molecule has 0 saturated heterocycles. The number of hydrogen-bond donors (Lipinski definition) is 5. The normalized spacial score (nSPS) is 10.8. The Hall–Kier alpha value is -2.16. The number of unbranched alkanes of at least 4 members (excludes halogenated alkanes) is 9. The van der Waals surface area contributed by atoms with E-state index in [0.29, 0.717) is 19.4 Å². The van der Waals surface area contributed by atoms with E-state index in [1.165, 1.54) is 51.4 Å². The van der Waals surface area contributed by atoms with Gasteiger partial charge in [-0.1, -0.05) is 78.6 Å². The summed E-state index contributed by atoms with van der Waals surface area (Å²) in [6, 6.07) is -0.741. The fraction of sp³-hybridized carbons (Fsp3) is 0.840. The molecule has 0 radical (unpaired) electrons. The molecule has 0 rings (SSSR count). The minimum Gasteiger partial charge on any atom is -0.481 e. The number of rotatable bonds is 20. The predicted molar refractivity (Wildman–Crippen MR) is 136 cm³/mol. The highest BCUT2D eigenvalue weighted by Crippen LogP contribution is 2.10. The van der Waals surface area contributed by atoms with E-state index in [-0.39, 0.29) is 24.7 Å². The smallest absolute Gasteiger partial charge is 0.320 e. The van der Waals surface area contributed by atoms with Crippen LogP contribution in [0.3, 0.4) is 0 Å². The van der Waals surface area contributed by atoms with Crippen molar-refractivity contribution in [3.05, 3.63) is 0 Å². The Balaban J connectivity index is -0.000000653. The lowest BCUT2D eigenvalue weighted by molar-refractivity contribution is -0.140. The summed E-state index contributed by atoms with van der Waals surface area (Å²) in [4.78, 5) is 41.1. The summed E-state index contributed by atoms with van der Waals surface area (Å²) >= 11 is 0. The maximum absolute atomic E-state index is 11.0. The fourth-order valence-corrected chi connectivity index (χ4v) is 2.96. The molecule has 2 amide bonds. The molecule has 34 heavy (non-hydrogen) atoms. The Morgan fingerprint density at radius 2 is 1.06 bits per heavy atom. The summed E-state index contributed by atoms with van der Waals surface area (Å²) in [6.45, 7) is 6.72. The van der Waals surface area contributed by atoms with Crippen molar-refractivity contribution < 1.29 is 29.4 Å². The van der Waals surface area contributed by atoms with Crippen molar-refractivity contribution >= 4 is 23.8 Å². The lowest BCUT2D eigenvalue weighted by Gasteiger charge is -2.13. The van der Waals surface area contributed by atoms with Crippen LogP contribution in [0.1, 0.15) is 124 Å². The van der Waals surface area contributed by atoms with Gasteiger partial charge in [0.1, 0.15) is 6.04 Å². The molecule has 9 heteroatoms. The Morgan fingerprint density at radius 1 is 0.647 bits per heavy atom. The van der Waals surface area contributed by atoms with E-state index in [4.69, 9.17) is 21.7 Å². The zero-order valence-corrected chi connectivity index (χ0v) is 21.8. The molecule has 0 aliphatic heterocycles. The molecule has 0 bridgehead atoms. The van der Waals surface area contributed by atoms with E-state index in [0.717, 1.165) is 25.7 Å². The van der Waals surface area contributed by atoms with Crippen LogP contribution in [-0.2, 0) is 19.2 Å². The van der Waals surface area contributed by atoms with Crippen LogP contribution in [0.2, 0.25) is 0 Å². The van der Waals surface area contributed by atoms with Crippen LogP contribution < -0.4 is 16.8 Å². The lowest BCUT2D eigenvalue weighted by atomic mass is 10.1. The summed E-state index contributed by atoms with van der Waals surface area (Å²) in [6.07, 6.45) is 15.2. The number of nitrogens with one attached hydrogen (secondary N) is 1. The number of amides is 2. The quantitative estimate of drug-likeness (QED) is 0.158. The van der Waals surface area contributed by atoms with Gasteiger partial charge in [0, 0.05) is 19.3 Å². The number of carboxylic acids is 2. The first-order valence-corrected chi connectivity index (χ1v) is 12.9. The van der Waals surface area contributed by atoms with Crippen LogP contribution >= 0.6 is 0 Å². The van der Waals surface area contributed by atoms with Crippen LogP contribution in [0.25, 0.3) is 0 Å². The molecule has 0 heterocycles. The first kappa shape index (κ1) is 36.4. The van der Waals surface area contributed by atoms with Crippen molar-refractivity contribution in [2.24, 2.45) is 11.5 Å².